The van der Waals surface area contributed by atoms with Gasteiger partial charge in [-0.2, -0.15) is 0 Å². The zero-order valence-electron chi connectivity index (χ0n) is 12.6. The van der Waals surface area contributed by atoms with Crippen LogP contribution in [0.4, 0.5) is 4.39 Å². The lowest BCUT2D eigenvalue weighted by Crippen LogP contribution is -2.35. The largest absolute Gasteiger partial charge is 0.351 e. The van der Waals surface area contributed by atoms with Crippen molar-refractivity contribution in [2.45, 2.75) is 13.8 Å². The summed E-state index contributed by atoms with van der Waals surface area (Å²) >= 11 is 0. The molecule has 0 spiro atoms. The van der Waals surface area contributed by atoms with Crippen molar-refractivity contribution in [2.75, 3.05) is 32.7 Å². The maximum Gasteiger partial charge on any atom is 0.252 e. The topological polar surface area (TPSA) is 58.4 Å². The maximum atomic E-state index is 13.2. The summed E-state index contributed by atoms with van der Waals surface area (Å²) in [5, 5.41) is 2.83. The highest BCUT2D eigenvalue weighted by Gasteiger charge is 2.11. The standard InChI is InChI=1S/C16H22FN3O/c1-3-20(4-2)11-10-19-16(21)15-8-7-14(17)12-13(15)6-5-9-18/h7-8,12H,3-4,9-11,18H2,1-2H3,(H,19,21). The van der Waals surface area contributed by atoms with Crippen LogP contribution in [0.3, 0.4) is 0 Å². The minimum atomic E-state index is -0.420. The minimum absolute atomic E-state index is 0.166. The summed E-state index contributed by atoms with van der Waals surface area (Å²) in [4.78, 5) is 14.4. The van der Waals surface area contributed by atoms with E-state index in [1.807, 2.05) is 0 Å². The number of halogens is 1. The van der Waals surface area contributed by atoms with Gasteiger partial charge in [-0.25, -0.2) is 4.39 Å². The summed E-state index contributed by atoms with van der Waals surface area (Å²) in [6.45, 7) is 7.52. The molecule has 0 aliphatic rings. The molecule has 0 saturated heterocycles. The van der Waals surface area contributed by atoms with E-state index in [4.69, 9.17) is 5.73 Å². The van der Waals surface area contributed by atoms with Gasteiger partial charge >= 0.3 is 0 Å². The second kappa shape index (κ2) is 9.11. The van der Waals surface area contributed by atoms with Gasteiger partial charge in [-0.05, 0) is 31.3 Å². The van der Waals surface area contributed by atoms with Crippen molar-refractivity contribution < 1.29 is 9.18 Å². The quantitative estimate of drug-likeness (QED) is 0.775. The molecule has 1 aromatic carbocycles. The van der Waals surface area contributed by atoms with Crippen molar-refractivity contribution >= 4 is 5.91 Å². The van der Waals surface area contributed by atoms with E-state index in [1.165, 1.54) is 18.2 Å². The minimum Gasteiger partial charge on any atom is -0.351 e. The van der Waals surface area contributed by atoms with E-state index < -0.39 is 5.82 Å². The Labute approximate surface area is 125 Å². The number of nitrogens with one attached hydrogen (secondary N) is 1. The first-order valence-electron chi connectivity index (χ1n) is 7.11. The van der Waals surface area contributed by atoms with Gasteiger partial charge in [0.25, 0.3) is 5.91 Å². The Balaban J connectivity index is 2.73. The number of benzene rings is 1. The van der Waals surface area contributed by atoms with Crippen LogP contribution in [0.25, 0.3) is 0 Å². The van der Waals surface area contributed by atoms with Crippen molar-refractivity contribution in [3.8, 4) is 11.8 Å². The molecule has 4 nitrogen and oxygen atoms in total. The summed E-state index contributed by atoms with van der Waals surface area (Å²) in [6.07, 6.45) is 0. The van der Waals surface area contributed by atoms with Gasteiger partial charge in [-0.15, -0.1) is 0 Å². The van der Waals surface area contributed by atoms with Crippen LogP contribution in [0.15, 0.2) is 18.2 Å². The molecular weight excluding hydrogens is 269 g/mol. The molecule has 114 valence electrons. The number of carbonyl (C=O) groups excluding carboxylic acids is 1. The van der Waals surface area contributed by atoms with E-state index in [0.717, 1.165) is 19.6 Å². The Bertz CT molecular complexity index is 530. The molecule has 0 aliphatic heterocycles. The predicted molar refractivity (Wildman–Crippen MR) is 82.5 cm³/mol. The number of carbonyl (C=O) groups is 1. The molecule has 21 heavy (non-hydrogen) atoms. The summed E-state index contributed by atoms with van der Waals surface area (Å²) < 4.78 is 13.2. The maximum absolute atomic E-state index is 13.2. The van der Waals surface area contributed by atoms with Gasteiger partial charge in [-0.3, -0.25) is 4.79 Å². The van der Waals surface area contributed by atoms with Crippen LogP contribution in [0.1, 0.15) is 29.8 Å². The lowest BCUT2D eigenvalue weighted by atomic mass is 10.1. The fourth-order valence-electron chi connectivity index (χ4n) is 1.93. The highest BCUT2D eigenvalue weighted by atomic mass is 19.1. The smallest absolute Gasteiger partial charge is 0.252 e. The average Bonchev–Trinajstić information content (AvgIpc) is 2.49. The first-order valence-corrected chi connectivity index (χ1v) is 7.11. The Morgan fingerprint density at radius 1 is 1.38 bits per heavy atom. The van der Waals surface area contributed by atoms with Crippen molar-refractivity contribution in [1.29, 1.82) is 0 Å². The Kier molecular flexibility index (Phi) is 7.44. The van der Waals surface area contributed by atoms with E-state index in [1.54, 1.807) is 0 Å². The molecule has 5 heteroatoms. The summed E-state index contributed by atoms with van der Waals surface area (Å²) in [5.41, 5.74) is 6.05. The zero-order valence-corrected chi connectivity index (χ0v) is 12.6. The van der Waals surface area contributed by atoms with E-state index >= 15 is 0 Å². The van der Waals surface area contributed by atoms with Crippen molar-refractivity contribution in [3.63, 3.8) is 0 Å². The lowest BCUT2D eigenvalue weighted by Gasteiger charge is -2.18. The number of hydrogen-bond acceptors (Lipinski definition) is 3. The normalized spacial score (nSPS) is 10.1. The predicted octanol–water partition coefficient (Wildman–Crippen LogP) is 1.21. The lowest BCUT2D eigenvalue weighted by molar-refractivity contribution is 0.0948. The number of nitrogens with two attached hydrogens (primary N) is 1. The zero-order chi connectivity index (χ0) is 15.7. The van der Waals surface area contributed by atoms with Crippen molar-refractivity contribution in [3.05, 3.63) is 35.1 Å². The van der Waals surface area contributed by atoms with Crippen LogP contribution in [0, 0.1) is 17.7 Å². The van der Waals surface area contributed by atoms with Gasteiger partial charge in [0.2, 0.25) is 0 Å². The fraction of sp³-hybridized carbons (Fsp3) is 0.438. The molecule has 0 unspecified atom stereocenters. The first-order chi connectivity index (χ1) is 10.1. The highest BCUT2D eigenvalue weighted by Crippen LogP contribution is 2.10. The molecule has 0 fully saturated rings. The van der Waals surface area contributed by atoms with Gasteiger partial charge in [0.1, 0.15) is 5.82 Å². The molecule has 1 amide bonds. The van der Waals surface area contributed by atoms with Crippen LogP contribution < -0.4 is 11.1 Å². The Morgan fingerprint density at radius 3 is 2.71 bits per heavy atom. The fourth-order valence-corrected chi connectivity index (χ4v) is 1.93. The Morgan fingerprint density at radius 2 is 2.10 bits per heavy atom. The molecule has 3 N–H and O–H groups in total. The van der Waals surface area contributed by atoms with E-state index in [-0.39, 0.29) is 12.5 Å². The summed E-state index contributed by atoms with van der Waals surface area (Å²) in [7, 11) is 0. The molecule has 0 aromatic heterocycles. The van der Waals surface area contributed by atoms with Crippen LogP contribution in [-0.2, 0) is 0 Å². The summed E-state index contributed by atoms with van der Waals surface area (Å²) in [6, 6.07) is 3.96. The van der Waals surface area contributed by atoms with Crippen LogP contribution in [0.5, 0.6) is 0 Å². The van der Waals surface area contributed by atoms with Gasteiger partial charge in [-0.1, -0.05) is 25.7 Å². The van der Waals surface area contributed by atoms with Crippen molar-refractivity contribution in [1.82, 2.24) is 10.2 Å². The third-order valence-corrected chi connectivity index (χ3v) is 3.16. The van der Waals surface area contributed by atoms with Gasteiger partial charge in [0.05, 0.1) is 12.1 Å². The van der Waals surface area contributed by atoms with E-state index in [9.17, 15) is 9.18 Å². The molecule has 0 aliphatic carbocycles. The van der Waals surface area contributed by atoms with E-state index in [0.29, 0.717) is 17.7 Å². The number of nitrogens with zero attached hydrogens (tertiary/aromatic N) is 1. The van der Waals surface area contributed by atoms with Gasteiger partial charge < -0.3 is 16.0 Å². The third-order valence-electron chi connectivity index (χ3n) is 3.16. The SMILES string of the molecule is CCN(CC)CCNC(=O)c1ccc(F)cc1C#CCN. The monoisotopic (exact) mass is 291 g/mol. The number of amides is 1. The first kappa shape index (κ1) is 17.2. The van der Waals surface area contributed by atoms with Crippen LogP contribution in [0.2, 0.25) is 0 Å². The second-order valence-electron chi connectivity index (χ2n) is 4.48. The second-order valence-corrected chi connectivity index (χ2v) is 4.48. The van der Waals surface area contributed by atoms with Crippen molar-refractivity contribution in [2.24, 2.45) is 5.73 Å². The molecule has 0 bridgehead atoms. The van der Waals surface area contributed by atoms with Crippen LogP contribution in [-0.4, -0.2) is 43.5 Å². The molecule has 0 atom stereocenters. The molecule has 0 heterocycles. The highest BCUT2D eigenvalue weighted by molar-refractivity contribution is 5.96. The molecule has 0 radical (unpaired) electrons. The van der Waals surface area contributed by atoms with Gasteiger partial charge in [0, 0.05) is 18.7 Å². The Hall–Kier alpha value is -1.90. The molecule has 1 rings (SSSR count). The number of likely N-dealkylation sites (N-methyl/N-ethyl adjacent to an activating group) is 1. The number of rotatable bonds is 6. The average molecular weight is 291 g/mol. The number of hydrogen-bond donors (Lipinski definition) is 2. The molecule has 0 saturated carbocycles. The van der Waals surface area contributed by atoms with Crippen LogP contribution >= 0.6 is 0 Å². The molecular formula is C16H22FN3O. The molecule has 1 aromatic rings. The summed E-state index contributed by atoms with van der Waals surface area (Å²) in [5.74, 6) is 4.71. The third kappa shape index (κ3) is 5.54. The van der Waals surface area contributed by atoms with E-state index in [2.05, 4.69) is 35.9 Å². The van der Waals surface area contributed by atoms with Gasteiger partial charge in [0.15, 0.2) is 0 Å².